The lowest BCUT2D eigenvalue weighted by molar-refractivity contribution is -0.385. The molecule has 7 nitrogen and oxygen atoms in total. The largest absolute Gasteiger partial charge is 0.384 e. The predicted octanol–water partition coefficient (Wildman–Crippen LogP) is 2.98. The maximum absolute atomic E-state index is 11.9. The first-order valence-electron chi connectivity index (χ1n) is 7.40. The first-order chi connectivity index (χ1) is 11.2. The number of nitrogens with zero attached hydrogens (tertiary/aromatic N) is 2. The number of nitro groups is 1. The van der Waals surface area contributed by atoms with Crippen molar-refractivity contribution in [2.45, 2.75) is 31.6 Å². The van der Waals surface area contributed by atoms with Crippen LogP contribution in [0.3, 0.4) is 0 Å². The van der Waals surface area contributed by atoms with Gasteiger partial charge in [-0.05, 0) is 19.4 Å². The van der Waals surface area contributed by atoms with Crippen molar-refractivity contribution in [3.8, 4) is 0 Å². The molecule has 9 heteroatoms. The molecule has 1 aromatic heterocycles. The Bertz CT molecular complexity index is 860. The van der Waals surface area contributed by atoms with Crippen LogP contribution in [0, 0.1) is 17.0 Å². The summed E-state index contributed by atoms with van der Waals surface area (Å²) in [6.45, 7) is 4.58. The summed E-state index contributed by atoms with van der Waals surface area (Å²) in [5, 5.41) is 14.9. The summed E-state index contributed by atoms with van der Waals surface area (Å²) in [4.78, 5) is 15.9. The highest BCUT2D eigenvalue weighted by molar-refractivity contribution is 7.90. The van der Waals surface area contributed by atoms with E-state index in [0.29, 0.717) is 18.7 Å². The molecule has 1 aromatic carbocycles. The third-order valence-electron chi connectivity index (χ3n) is 3.50. The van der Waals surface area contributed by atoms with E-state index in [9.17, 15) is 18.5 Å². The Morgan fingerprint density at radius 2 is 2.08 bits per heavy atom. The summed E-state index contributed by atoms with van der Waals surface area (Å²) >= 11 is 1.63. The molecule has 0 fully saturated rings. The molecule has 24 heavy (non-hydrogen) atoms. The molecule has 0 spiro atoms. The average Bonchev–Trinajstić information content (AvgIpc) is 2.86. The zero-order chi connectivity index (χ0) is 17.9. The molecular weight excluding hydrogens is 350 g/mol. The Morgan fingerprint density at radius 1 is 1.38 bits per heavy atom. The zero-order valence-electron chi connectivity index (χ0n) is 13.7. The lowest BCUT2D eigenvalue weighted by atomic mass is 10.2. The van der Waals surface area contributed by atoms with Gasteiger partial charge >= 0.3 is 0 Å². The van der Waals surface area contributed by atoms with Crippen molar-refractivity contribution in [2.24, 2.45) is 0 Å². The summed E-state index contributed by atoms with van der Waals surface area (Å²) in [6.07, 6.45) is 2.58. The van der Waals surface area contributed by atoms with Crippen molar-refractivity contribution in [3.05, 3.63) is 43.9 Å². The fraction of sp³-hybridized carbons (Fsp3) is 0.400. The predicted molar refractivity (Wildman–Crippen MR) is 94.6 cm³/mol. The van der Waals surface area contributed by atoms with Gasteiger partial charge in [0.15, 0.2) is 9.84 Å². The number of anilines is 1. The molecular formula is C15H19N3O4S2. The molecule has 130 valence electrons. The maximum atomic E-state index is 11.9. The molecule has 0 aliphatic heterocycles. The van der Waals surface area contributed by atoms with Crippen LogP contribution in [0.1, 0.15) is 22.5 Å². The van der Waals surface area contributed by atoms with Gasteiger partial charge in [0.2, 0.25) is 0 Å². The first-order valence-corrected chi connectivity index (χ1v) is 10.1. The van der Waals surface area contributed by atoms with Crippen molar-refractivity contribution < 1.29 is 13.3 Å². The van der Waals surface area contributed by atoms with E-state index in [1.54, 1.807) is 11.3 Å². The lowest BCUT2D eigenvalue weighted by Crippen LogP contribution is -2.09. The summed E-state index contributed by atoms with van der Waals surface area (Å²) in [5.41, 5.74) is 1.21. The minimum absolute atomic E-state index is 0.0683. The topological polar surface area (TPSA) is 102 Å². The normalized spacial score (nSPS) is 11.5. The quantitative estimate of drug-likeness (QED) is 0.594. The van der Waals surface area contributed by atoms with E-state index >= 15 is 0 Å². The Labute approximate surface area is 144 Å². The zero-order valence-corrected chi connectivity index (χ0v) is 15.3. The number of hydrogen-bond acceptors (Lipinski definition) is 7. The molecule has 0 radical (unpaired) electrons. The van der Waals surface area contributed by atoms with Gasteiger partial charge in [0, 0.05) is 36.2 Å². The van der Waals surface area contributed by atoms with Crippen molar-refractivity contribution in [2.75, 3.05) is 18.1 Å². The molecule has 0 saturated heterocycles. The fourth-order valence-electron chi connectivity index (χ4n) is 2.30. The van der Waals surface area contributed by atoms with Gasteiger partial charge in [0.1, 0.15) is 0 Å². The van der Waals surface area contributed by atoms with Crippen LogP contribution in [-0.2, 0) is 22.7 Å². The van der Waals surface area contributed by atoms with Gasteiger partial charge < -0.3 is 5.32 Å². The number of hydrogen-bond donors (Lipinski definition) is 1. The number of rotatable bonds is 7. The van der Waals surface area contributed by atoms with E-state index in [-0.39, 0.29) is 10.6 Å². The fourth-order valence-corrected chi connectivity index (χ4v) is 4.20. The van der Waals surface area contributed by atoms with Crippen LogP contribution in [0.5, 0.6) is 0 Å². The molecule has 0 aliphatic rings. The Hall–Kier alpha value is -2.00. The summed E-state index contributed by atoms with van der Waals surface area (Å²) < 4.78 is 23.8. The van der Waals surface area contributed by atoms with Gasteiger partial charge in [-0.25, -0.2) is 13.4 Å². The summed E-state index contributed by atoms with van der Waals surface area (Å²) in [7, 11) is -3.57. The summed E-state index contributed by atoms with van der Waals surface area (Å²) in [6, 6.07) is 3.80. The van der Waals surface area contributed by atoms with Gasteiger partial charge in [-0.2, -0.15) is 0 Å². The van der Waals surface area contributed by atoms with Crippen LogP contribution in [0.2, 0.25) is 0 Å². The second-order valence-electron chi connectivity index (χ2n) is 5.35. The Balaban J connectivity index is 2.15. The third kappa shape index (κ3) is 4.30. The van der Waals surface area contributed by atoms with E-state index in [4.69, 9.17) is 0 Å². The van der Waals surface area contributed by atoms with Gasteiger partial charge in [0.25, 0.3) is 5.69 Å². The minimum Gasteiger partial charge on any atom is -0.384 e. The third-order valence-corrected chi connectivity index (χ3v) is 5.71. The summed E-state index contributed by atoms with van der Waals surface area (Å²) in [5.74, 6) is 0. The number of aryl methyl sites for hydroxylation is 2. The monoisotopic (exact) mass is 369 g/mol. The maximum Gasteiger partial charge on any atom is 0.270 e. The number of nitrogens with one attached hydrogen (secondary N) is 1. The minimum atomic E-state index is -3.57. The molecule has 0 unspecified atom stereocenters. The van der Waals surface area contributed by atoms with Crippen molar-refractivity contribution in [3.63, 3.8) is 0 Å². The van der Waals surface area contributed by atoms with E-state index in [2.05, 4.69) is 17.2 Å². The van der Waals surface area contributed by atoms with Gasteiger partial charge in [0.05, 0.1) is 26.2 Å². The van der Waals surface area contributed by atoms with E-state index in [1.807, 2.05) is 6.92 Å². The number of benzene rings is 1. The van der Waals surface area contributed by atoms with E-state index in [0.717, 1.165) is 29.4 Å². The molecule has 1 N–H and O–H groups in total. The van der Waals surface area contributed by atoms with Crippen LogP contribution in [0.25, 0.3) is 0 Å². The molecule has 0 aliphatic carbocycles. The molecule has 1 heterocycles. The molecule has 2 aromatic rings. The van der Waals surface area contributed by atoms with E-state index < -0.39 is 14.8 Å². The highest BCUT2D eigenvalue weighted by atomic mass is 32.2. The molecule has 0 amide bonds. The highest BCUT2D eigenvalue weighted by Gasteiger charge is 2.18. The van der Waals surface area contributed by atoms with Gasteiger partial charge in [-0.3, -0.25) is 10.1 Å². The number of aromatic nitrogens is 1. The van der Waals surface area contributed by atoms with Gasteiger partial charge in [-0.15, -0.1) is 11.3 Å². The Kier molecular flexibility index (Phi) is 5.55. The number of sulfone groups is 1. The van der Waals surface area contributed by atoms with Crippen LogP contribution in [0.15, 0.2) is 23.1 Å². The van der Waals surface area contributed by atoms with Crippen molar-refractivity contribution in [1.82, 2.24) is 4.98 Å². The number of nitro benzene ring substituents is 1. The van der Waals surface area contributed by atoms with Crippen LogP contribution in [0.4, 0.5) is 11.4 Å². The second-order valence-corrected chi connectivity index (χ2v) is 8.62. The average molecular weight is 369 g/mol. The molecule has 0 bridgehead atoms. The van der Waals surface area contributed by atoms with Gasteiger partial charge in [-0.1, -0.05) is 6.92 Å². The molecule has 0 saturated carbocycles. The first kappa shape index (κ1) is 18.3. The Morgan fingerprint density at radius 3 is 2.62 bits per heavy atom. The molecule has 0 atom stereocenters. The van der Waals surface area contributed by atoms with Crippen molar-refractivity contribution in [1.29, 1.82) is 0 Å². The highest BCUT2D eigenvalue weighted by Crippen LogP contribution is 2.26. The van der Waals surface area contributed by atoms with Crippen LogP contribution in [-0.4, -0.2) is 31.1 Å². The number of non-ortho nitro benzene ring substituents is 1. The van der Waals surface area contributed by atoms with E-state index in [1.165, 1.54) is 17.0 Å². The SMILES string of the molecule is CCc1nc(CCNc2ccc([N+](=O)[O-])cc2S(C)(=O)=O)sc1C. The smallest absolute Gasteiger partial charge is 0.270 e. The lowest BCUT2D eigenvalue weighted by Gasteiger charge is -2.10. The van der Waals surface area contributed by atoms with Crippen LogP contribution < -0.4 is 5.32 Å². The second kappa shape index (κ2) is 7.27. The number of thiazole rings is 1. The van der Waals surface area contributed by atoms with Crippen molar-refractivity contribution >= 4 is 32.5 Å². The van der Waals surface area contributed by atoms with Crippen LogP contribution >= 0.6 is 11.3 Å². The molecule has 2 rings (SSSR count). The standard InChI is InChI=1S/C15H19N3O4S2/c1-4-12-10(2)23-15(17-12)7-8-16-13-6-5-11(18(19)20)9-14(13)24(3,21)22/h5-6,9,16H,4,7-8H2,1-3H3.